The van der Waals surface area contributed by atoms with Crippen molar-refractivity contribution in [2.24, 2.45) is 0 Å². The molecule has 5 rings (SSSR count). The first-order chi connectivity index (χ1) is 19.7. The van der Waals surface area contributed by atoms with Crippen molar-refractivity contribution in [1.82, 2.24) is 30.4 Å². The minimum absolute atomic E-state index is 0.240. The van der Waals surface area contributed by atoms with Gasteiger partial charge in [-0.3, -0.25) is 19.6 Å². The predicted molar refractivity (Wildman–Crippen MR) is 154 cm³/mol. The summed E-state index contributed by atoms with van der Waals surface area (Å²) < 4.78 is 0. The first-order valence-corrected chi connectivity index (χ1v) is 13.1. The standard InChI is InChI=1S/C18H20N4O.C12H10N4O/c23-18(12-9-15-8-4-5-13-19-15)20-17-11-10-16(21-22-17)14-6-2-1-3-7-14;17-12(15-11-5-3-9-14-16-11)7-6-10-4-1-2-8-13-10/h4-5,8-14H,1-3,6-7H2,(H,20,22,23);1-9H,(H,15,16,17)/b12-9+;7-6+. The topological polar surface area (TPSA) is 136 Å². The van der Waals surface area contributed by atoms with Crippen LogP contribution in [0, 0.1) is 0 Å². The highest BCUT2D eigenvalue weighted by Crippen LogP contribution is 2.31. The van der Waals surface area contributed by atoms with Crippen LogP contribution in [0.2, 0.25) is 0 Å². The summed E-state index contributed by atoms with van der Waals surface area (Å²) in [5, 5.41) is 21.1. The Labute approximate surface area is 232 Å². The molecule has 0 radical (unpaired) electrons. The van der Waals surface area contributed by atoms with E-state index in [4.69, 9.17) is 0 Å². The quantitative estimate of drug-likeness (QED) is 0.313. The number of nitrogens with one attached hydrogen (secondary N) is 2. The lowest BCUT2D eigenvalue weighted by molar-refractivity contribution is -0.112. The Morgan fingerprint density at radius 1 is 0.650 bits per heavy atom. The van der Waals surface area contributed by atoms with Gasteiger partial charge in [0.25, 0.3) is 0 Å². The molecule has 0 saturated heterocycles. The molecular weight excluding hydrogens is 504 g/mol. The average molecular weight is 535 g/mol. The molecule has 1 saturated carbocycles. The number of hydrogen-bond donors (Lipinski definition) is 2. The monoisotopic (exact) mass is 534 g/mol. The molecule has 0 atom stereocenters. The molecule has 0 unspecified atom stereocenters. The van der Waals surface area contributed by atoms with Crippen molar-refractivity contribution in [3.8, 4) is 0 Å². The lowest BCUT2D eigenvalue weighted by Gasteiger charge is -2.20. The summed E-state index contributed by atoms with van der Waals surface area (Å²) in [4.78, 5) is 31.6. The van der Waals surface area contributed by atoms with Gasteiger partial charge >= 0.3 is 0 Å². The Bertz CT molecular complexity index is 1390. The Balaban J connectivity index is 0.000000194. The van der Waals surface area contributed by atoms with Crippen molar-refractivity contribution in [2.45, 2.75) is 38.0 Å². The molecule has 0 aliphatic heterocycles. The number of carbonyl (C=O) groups excluding carboxylic acids is 2. The van der Waals surface area contributed by atoms with Gasteiger partial charge in [0.15, 0.2) is 11.6 Å². The van der Waals surface area contributed by atoms with Crippen molar-refractivity contribution in [2.75, 3.05) is 10.6 Å². The van der Waals surface area contributed by atoms with E-state index in [2.05, 4.69) is 41.0 Å². The molecule has 1 aliphatic rings. The molecule has 0 aromatic carbocycles. The molecule has 2 N–H and O–H groups in total. The fourth-order valence-electron chi connectivity index (χ4n) is 4.00. The Kier molecular flexibility index (Phi) is 10.7. The molecular formula is C30H30N8O2. The summed E-state index contributed by atoms with van der Waals surface area (Å²) in [6.45, 7) is 0. The lowest BCUT2D eigenvalue weighted by Crippen LogP contribution is -2.12. The van der Waals surface area contributed by atoms with E-state index in [9.17, 15) is 9.59 Å². The second-order valence-corrected chi connectivity index (χ2v) is 8.94. The third kappa shape index (κ3) is 9.64. The summed E-state index contributed by atoms with van der Waals surface area (Å²) in [6.07, 6.45) is 17.3. The summed E-state index contributed by atoms with van der Waals surface area (Å²) in [7, 11) is 0. The highest BCUT2D eigenvalue weighted by atomic mass is 16.2. The number of nitrogens with zero attached hydrogens (tertiary/aromatic N) is 6. The van der Waals surface area contributed by atoms with Crippen LogP contribution >= 0.6 is 0 Å². The highest BCUT2D eigenvalue weighted by Gasteiger charge is 2.17. The van der Waals surface area contributed by atoms with Crippen LogP contribution in [-0.2, 0) is 9.59 Å². The van der Waals surface area contributed by atoms with E-state index in [1.807, 2.05) is 48.5 Å². The van der Waals surface area contributed by atoms with Crippen molar-refractivity contribution in [1.29, 1.82) is 0 Å². The number of rotatable bonds is 7. The summed E-state index contributed by atoms with van der Waals surface area (Å²) in [6, 6.07) is 18.2. The molecule has 202 valence electrons. The van der Waals surface area contributed by atoms with E-state index in [0.29, 0.717) is 17.6 Å². The van der Waals surface area contributed by atoms with Gasteiger partial charge in [0.2, 0.25) is 11.8 Å². The third-order valence-corrected chi connectivity index (χ3v) is 5.97. The van der Waals surface area contributed by atoms with Crippen LogP contribution < -0.4 is 10.6 Å². The molecule has 0 spiro atoms. The van der Waals surface area contributed by atoms with E-state index in [-0.39, 0.29) is 11.8 Å². The summed E-state index contributed by atoms with van der Waals surface area (Å²) >= 11 is 0. The van der Waals surface area contributed by atoms with Crippen molar-refractivity contribution in [3.63, 3.8) is 0 Å². The molecule has 4 aromatic rings. The second-order valence-electron chi connectivity index (χ2n) is 8.94. The first kappa shape index (κ1) is 27.9. The minimum atomic E-state index is -0.267. The molecule has 10 heteroatoms. The molecule has 1 fully saturated rings. The van der Waals surface area contributed by atoms with Gasteiger partial charge in [-0.25, -0.2) is 0 Å². The molecule has 1 aliphatic carbocycles. The maximum absolute atomic E-state index is 11.9. The molecule has 4 aromatic heterocycles. The maximum atomic E-state index is 11.9. The summed E-state index contributed by atoms with van der Waals surface area (Å²) in [5.74, 6) is 0.903. The maximum Gasteiger partial charge on any atom is 0.249 e. The van der Waals surface area contributed by atoms with Crippen LogP contribution in [0.3, 0.4) is 0 Å². The Hall–Kier alpha value is -5.12. The van der Waals surface area contributed by atoms with Gasteiger partial charge in [0.1, 0.15) is 0 Å². The fraction of sp³-hybridized carbons (Fsp3) is 0.200. The molecule has 4 heterocycles. The number of amides is 2. The van der Waals surface area contributed by atoms with Gasteiger partial charge in [0, 0.05) is 36.7 Å². The van der Waals surface area contributed by atoms with Crippen LogP contribution in [0.1, 0.15) is 55.1 Å². The van der Waals surface area contributed by atoms with E-state index in [1.54, 1.807) is 42.9 Å². The van der Waals surface area contributed by atoms with Crippen LogP contribution in [0.5, 0.6) is 0 Å². The number of carbonyl (C=O) groups is 2. The van der Waals surface area contributed by atoms with Crippen LogP contribution in [0.15, 0.2) is 91.4 Å². The molecule has 40 heavy (non-hydrogen) atoms. The van der Waals surface area contributed by atoms with E-state index in [0.717, 1.165) is 17.1 Å². The second kappa shape index (κ2) is 15.3. The molecule has 2 amide bonds. The van der Waals surface area contributed by atoms with Gasteiger partial charge in [-0.1, -0.05) is 31.4 Å². The Morgan fingerprint density at radius 2 is 1.27 bits per heavy atom. The zero-order valence-electron chi connectivity index (χ0n) is 21.9. The zero-order chi connectivity index (χ0) is 27.8. The first-order valence-electron chi connectivity index (χ1n) is 13.1. The highest BCUT2D eigenvalue weighted by molar-refractivity contribution is 6.01. The van der Waals surface area contributed by atoms with Gasteiger partial charge in [-0.05, 0) is 73.5 Å². The van der Waals surface area contributed by atoms with Gasteiger partial charge < -0.3 is 10.6 Å². The van der Waals surface area contributed by atoms with Gasteiger partial charge in [-0.2, -0.15) is 10.2 Å². The largest absolute Gasteiger partial charge is 0.306 e. The van der Waals surface area contributed by atoms with E-state index < -0.39 is 0 Å². The smallest absolute Gasteiger partial charge is 0.249 e. The normalized spacial score (nSPS) is 13.4. The van der Waals surface area contributed by atoms with E-state index in [1.165, 1.54) is 44.3 Å². The summed E-state index contributed by atoms with van der Waals surface area (Å²) in [5.41, 5.74) is 2.50. The molecule has 10 nitrogen and oxygen atoms in total. The van der Waals surface area contributed by atoms with E-state index >= 15 is 0 Å². The lowest BCUT2D eigenvalue weighted by atomic mass is 9.87. The van der Waals surface area contributed by atoms with Crippen molar-refractivity contribution < 1.29 is 9.59 Å². The number of anilines is 2. The SMILES string of the molecule is O=C(/C=C/c1ccccn1)Nc1ccc(C2CCCCC2)nn1.O=C(/C=C/c1ccccn1)Nc1cccnn1. The van der Waals surface area contributed by atoms with Crippen molar-refractivity contribution >= 4 is 35.6 Å². The number of hydrogen-bond acceptors (Lipinski definition) is 8. The predicted octanol–water partition coefficient (Wildman–Crippen LogP) is 5.09. The Morgan fingerprint density at radius 3 is 1.77 bits per heavy atom. The van der Waals surface area contributed by atoms with Gasteiger partial charge in [-0.15, -0.1) is 10.2 Å². The van der Waals surface area contributed by atoms with Crippen LogP contribution in [0.25, 0.3) is 12.2 Å². The van der Waals surface area contributed by atoms with Crippen LogP contribution in [-0.4, -0.2) is 42.2 Å². The minimum Gasteiger partial charge on any atom is -0.306 e. The van der Waals surface area contributed by atoms with Crippen LogP contribution in [0.4, 0.5) is 11.6 Å². The fourth-order valence-corrected chi connectivity index (χ4v) is 4.00. The number of aromatic nitrogens is 6. The number of pyridine rings is 2. The van der Waals surface area contributed by atoms with Crippen molar-refractivity contribution in [3.05, 3.63) is 108 Å². The third-order valence-electron chi connectivity index (χ3n) is 5.97. The van der Waals surface area contributed by atoms with Gasteiger partial charge in [0.05, 0.1) is 17.1 Å². The molecule has 0 bridgehead atoms. The zero-order valence-corrected chi connectivity index (χ0v) is 21.9. The average Bonchev–Trinajstić information content (AvgIpc) is 3.02.